The first-order chi connectivity index (χ1) is 10.1. The first-order valence-electron chi connectivity index (χ1n) is 5.77. The Labute approximate surface area is 122 Å². The number of hydrogen-bond acceptors (Lipinski definition) is 10. The summed E-state index contributed by atoms with van der Waals surface area (Å²) in [5, 5.41) is 20.2. The Hall–Kier alpha value is -2.72. The van der Waals surface area contributed by atoms with Crippen LogP contribution in [-0.4, -0.2) is 46.0 Å². The molecule has 2 aliphatic rings. The minimum atomic E-state index is -3.60. The standard InChI is InChI=1S/C12H10O10/c1-5-3-7(13)19-11(17,21-9(5)15)12(18)20-8(14)4-6(2)10(16)22-12/h17-18H,1-4H2. The summed E-state index contributed by atoms with van der Waals surface area (Å²) < 4.78 is 17.4. The van der Waals surface area contributed by atoms with Gasteiger partial charge in [0.25, 0.3) is 0 Å². The van der Waals surface area contributed by atoms with Crippen molar-refractivity contribution in [2.24, 2.45) is 0 Å². The van der Waals surface area contributed by atoms with Gasteiger partial charge in [0.1, 0.15) is 0 Å². The van der Waals surface area contributed by atoms with E-state index in [9.17, 15) is 29.4 Å². The van der Waals surface area contributed by atoms with Crippen LogP contribution in [-0.2, 0) is 38.1 Å². The van der Waals surface area contributed by atoms with Crippen molar-refractivity contribution in [2.45, 2.75) is 24.8 Å². The van der Waals surface area contributed by atoms with Crippen molar-refractivity contribution in [1.29, 1.82) is 0 Å². The largest absolute Gasteiger partial charge is 0.488 e. The van der Waals surface area contributed by atoms with Gasteiger partial charge in [0.05, 0.1) is 12.8 Å². The van der Waals surface area contributed by atoms with Crippen LogP contribution in [0, 0.1) is 0 Å². The van der Waals surface area contributed by atoms with Gasteiger partial charge in [-0.15, -0.1) is 0 Å². The van der Waals surface area contributed by atoms with E-state index in [1.807, 2.05) is 0 Å². The lowest BCUT2D eigenvalue weighted by Crippen LogP contribution is -2.62. The second-order valence-electron chi connectivity index (χ2n) is 4.45. The molecule has 0 aromatic carbocycles. The molecule has 0 radical (unpaired) electrons. The zero-order valence-corrected chi connectivity index (χ0v) is 11.0. The number of carbonyl (C=O) groups excluding carboxylic acids is 4. The van der Waals surface area contributed by atoms with Crippen LogP contribution in [0.3, 0.4) is 0 Å². The van der Waals surface area contributed by atoms with Crippen molar-refractivity contribution in [3.8, 4) is 0 Å². The summed E-state index contributed by atoms with van der Waals surface area (Å²) in [6, 6.07) is 0. The number of aliphatic hydroxyl groups is 2. The molecule has 10 nitrogen and oxygen atoms in total. The highest BCUT2D eigenvalue weighted by Gasteiger charge is 2.67. The van der Waals surface area contributed by atoms with Crippen LogP contribution in [0.5, 0.6) is 0 Å². The molecule has 22 heavy (non-hydrogen) atoms. The van der Waals surface area contributed by atoms with E-state index in [4.69, 9.17) is 0 Å². The lowest BCUT2D eigenvalue weighted by molar-refractivity contribution is -0.500. The SMILES string of the molecule is C=C1CC(=O)OC(O)(C2(O)OC(=O)CC(=C)C(=O)O2)OC1=O. The second kappa shape index (κ2) is 4.93. The maximum atomic E-state index is 11.5. The summed E-state index contributed by atoms with van der Waals surface area (Å²) in [7, 11) is 0. The Bertz CT molecular complexity index is 565. The quantitative estimate of drug-likeness (QED) is 0.427. The molecule has 2 fully saturated rings. The molecule has 2 aliphatic heterocycles. The number of hydrogen-bond donors (Lipinski definition) is 2. The normalized spacial score (nSPS) is 33.2. The van der Waals surface area contributed by atoms with Crippen LogP contribution in [0.4, 0.5) is 0 Å². The Morgan fingerprint density at radius 2 is 1.05 bits per heavy atom. The summed E-state index contributed by atoms with van der Waals surface area (Å²) in [6.45, 7) is 6.40. The lowest BCUT2D eigenvalue weighted by Gasteiger charge is -2.35. The van der Waals surface area contributed by atoms with Crippen LogP contribution in [0.15, 0.2) is 24.3 Å². The first-order valence-corrected chi connectivity index (χ1v) is 5.77. The molecular formula is C12H10O10. The molecule has 0 aliphatic carbocycles. The third-order valence-corrected chi connectivity index (χ3v) is 2.66. The third kappa shape index (κ3) is 2.56. The molecule has 0 spiro atoms. The molecular weight excluding hydrogens is 304 g/mol. The molecule has 2 atom stereocenters. The average molecular weight is 314 g/mol. The number of ether oxygens (including phenoxy) is 4. The van der Waals surface area contributed by atoms with Crippen molar-refractivity contribution in [3.05, 3.63) is 24.3 Å². The van der Waals surface area contributed by atoms with E-state index >= 15 is 0 Å². The van der Waals surface area contributed by atoms with Crippen LogP contribution in [0.2, 0.25) is 0 Å². The van der Waals surface area contributed by atoms with E-state index < -0.39 is 59.8 Å². The van der Waals surface area contributed by atoms with Crippen molar-refractivity contribution >= 4 is 23.9 Å². The summed E-state index contributed by atoms with van der Waals surface area (Å²) in [4.78, 5) is 46.0. The fraction of sp³-hybridized carbons (Fsp3) is 0.333. The molecule has 2 saturated heterocycles. The molecule has 2 N–H and O–H groups in total. The highest BCUT2D eigenvalue weighted by Crippen LogP contribution is 2.35. The van der Waals surface area contributed by atoms with Gasteiger partial charge in [-0.3, -0.25) is 9.59 Å². The Morgan fingerprint density at radius 1 is 0.727 bits per heavy atom. The molecule has 2 heterocycles. The lowest BCUT2D eigenvalue weighted by atomic mass is 10.2. The Kier molecular flexibility index (Phi) is 3.51. The number of carbonyl (C=O) groups is 4. The molecule has 10 heteroatoms. The van der Waals surface area contributed by atoms with E-state index in [1.165, 1.54) is 0 Å². The first kappa shape index (κ1) is 15.7. The monoisotopic (exact) mass is 314 g/mol. The van der Waals surface area contributed by atoms with E-state index in [-0.39, 0.29) is 0 Å². The van der Waals surface area contributed by atoms with Crippen molar-refractivity contribution in [3.63, 3.8) is 0 Å². The molecule has 2 rings (SSSR count). The molecule has 0 aromatic heterocycles. The zero-order chi connectivity index (χ0) is 16.7. The molecule has 118 valence electrons. The van der Waals surface area contributed by atoms with Gasteiger partial charge in [-0.25, -0.2) is 9.59 Å². The zero-order valence-electron chi connectivity index (χ0n) is 11.0. The Balaban J connectivity index is 2.44. The highest BCUT2D eigenvalue weighted by atomic mass is 16.9. The highest BCUT2D eigenvalue weighted by molar-refractivity contribution is 5.96. The van der Waals surface area contributed by atoms with Crippen LogP contribution < -0.4 is 0 Å². The predicted octanol–water partition coefficient (Wildman–Crippen LogP) is -1.63. The van der Waals surface area contributed by atoms with E-state index in [0.717, 1.165) is 0 Å². The number of rotatable bonds is 1. The van der Waals surface area contributed by atoms with Crippen LogP contribution >= 0.6 is 0 Å². The van der Waals surface area contributed by atoms with Gasteiger partial charge in [-0.2, -0.15) is 0 Å². The number of esters is 4. The van der Waals surface area contributed by atoms with Crippen molar-refractivity contribution in [2.75, 3.05) is 0 Å². The van der Waals surface area contributed by atoms with Gasteiger partial charge in [0.2, 0.25) is 0 Å². The number of cyclic esters (lactones) is 4. The van der Waals surface area contributed by atoms with E-state index in [1.54, 1.807) is 0 Å². The smallest absolute Gasteiger partial charge is 0.390 e. The summed E-state index contributed by atoms with van der Waals surface area (Å²) in [6.07, 6.45) is -1.32. The fourth-order valence-corrected chi connectivity index (χ4v) is 1.57. The topological polar surface area (TPSA) is 146 Å². The van der Waals surface area contributed by atoms with Crippen LogP contribution in [0.25, 0.3) is 0 Å². The van der Waals surface area contributed by atoms with Crippen molar-refractivity contribution < 1.29 is 48.3 Å². The summed E-state index contributed by atoms with van der Waals surface area (Å²) in [5.74, 6) is -12.4. The van der Waals surface area contributed by atoms with Gasteiger partial charge in [-0.1, -0.05) is 13.2 Å². The predicted molar refractivity (Wildman–Crippen MR) is 61.8 cm³/mol. The van der Waals surface area contributed by atoms with Gasteiger partial charge < -0.3 is 29.2 Å². The minimum Gasteiger partial charge on any atom is -0.390 e. The van der Waals surface area contributed by atoms with Crippen molar-refractivity contribution in [1.82, 2.24) is 0 Å². The molecule has 2 unspecified atom stereocenters. The summed E-state index contributed by atoms with van der Waals surface area (Å²) >= 11 is 0. The van der Waals surface area contributed by atoms with Gasteiger partial charge >= 0.3 is 35.8 Å². The Morgan fingerprint density at radius 3 is 1.36 bits per heavy atom. The van der Waals surface area contributed by atoms with Gasteiger partial charge in [0, 0.05) is 11.1 Å². The maximum Gasteiger partial charge on any atom is 0.488 e. The fourth-order valence-electron chi connectivity index (χ4n) is 1.57. The van der Waals surface area contributed by atoms with E-state index in [2.05, 4.69) is 32.1 Å². The maximum absolute atomic E-state index is 11.5. The van der Waals surface area contributed by atoms with Gasteiger partial charge in [0.15, 0.2) is 0 Å². The molecule has 0 aromatic rings. The summed E-state index contributed by atoms with van der Waals surface area (Å²) in [5.41, 5.74) is -0.805. The molecule has 0 bridgehead atoms. The second-order valence-corrected chi connectivity index (χ2v) is 4.45. The van der Waals surface area contributed by atoms with Gasteiger partial charge in [-0.05, 0) is 0 Å². The molecule has 0 saturated carbocycles. The third-order valence-electron chi connectivity index (χ3n) is 2.66. The minimum absolute atomic E-state index is 0.403. The van der Waals surface area contributed by atoms with E-state index in [0.29, 0.717) is 0 Å². The van der Waals surface area contributed by atoms with Crippen LogP contribution in [0.1, 0.15) is 12.8 Å². The molecule has 0 amide bonds. The average Bonchev–Trinajstić information content (AvgIpc) is 2.52.